The van der Waals surface area contributed by atoms with Crippen molar-refractivity contribution in [3.8, 4) is 0 Å². The number of carbonyl (C=O) groups is 1. The number of hydrogen-bond donors (Lipinski definition) is 0. The minimum absolute atomic E-state index is 0.106. The molecule has 13 heavy (non-hydrogen) atoms. The average Bonchev–Trinajstić information content (AvgIpc) is 2.08. The third-order valence-electron chi connectivity index (χ3n) is 1.82. The fourth-order valence-electron chi connectivity index (χ4n) is 0.974. The van der Waals surface area contributed by atoms with Crippen molar-refractivity contribution in [2.24, 2.45) is 0 Å². The van der Waals surface area contributed by atoms with Crippen LogP contribution in [0.4, 0.5) is 0 Å². The van der Waals surface area contributed by atoms with E-state index in [0.717, 1.165) is 6.42 Å². The van der Waals surface area contributed by atoms with Gasteiger partial charge in [0.25, 0.3) is 0 Å². The summed E-state index contributed by atoms with van der Waals surface area (Å²) >= 11 is 0. The van der Waals surface area contributed by atoms with Gasteiger partial charge in [-0.05, 0) is 13.3 Å². The Balaban J connectivity index is 0. The van der Waals surface area contributed by atoms with Gasteiger partial charge in [-0.1, -0.05) is 40.0 Å². The number of methoxy groups -OCH3 is 1. The Morgan fingerprint density at radius 2 is 1.69 bits per heavy atom. The number of carbonyl (C=O) groups excluding carboxylic acids is 1. The molecule has 0 rings (SSSR count). The Morgan fingerprint density at radius 1 is 1.23 bits per heavy atom. The van der Waals surface area contributed by atoms with Crippen molar-refractivity contribution in [1.82, 2.24) is 0 Å². The molecule has 0 aliphatic rings. The number of unbranched alkanes of at least 4 members (excludes halogenated alkanes) is 2. The number of ether oxygens (including phenoxy) is 1. The van der Waals surface area contributed by atoms with Gasteiger partial charge in [0.1, 0.15) is 6.10 Å². The van der Waals surface area contributed by atoms with Crippen molar-refractivity contribution in [3.63, 3.8) is 0 Å². The van der Waals surface area contributed by atoms with E-state index in [1.165, 1.54) is 26.2 Å². The van der Waals surface area contributed by atoms with E-state index in [-0.39, 0.29) is 11.9 Å². The Morgan fingerprint density at radius 3 is 1.69 bits per heavy atom. The third kappa shape index (κ3) is 11.6. The van der Waals surface area contributed by atoms with E-state index >= 15 is 0 Å². The highest BCUT2D eigenvalue weighted by atomic mass is 16.5. The number of ketones is 1. The van der Waals surface area contributed by atoms with E-state index in [2.05, 4.69) is 13.8 Å². The number of hydrogen-bond acceptors (Lipinski definition) is 2. The summed E-state index contributed by atoms with van der Waals surface area (Å²) < 4.78 is 4.81. The van der Waals surface area contributed by atoms with Crippen LogP contribution in [0, 0.1) is 0 Å². The molecule has 0 unspecified atom stereocenters. The van der Waals surface area contributed by atoms with Crippen LogP contribution in [0.1, 0.15) is 53.4 Å². The molecule has 0 aromatic rings. The summed E-state index contributed by atoms with van der Waals surface area (Å²) in [5, 5.41) is 0. The van der Waals surface area contributed by atoms with E-state index in [9.17, 15) is 4.79 Å². The van der Waals surface area contributed by atoms with Crippen LogP contribution >= 0.6 is 0 Å². The molecule has 0 aromatic carbocycles. The summed E-state index contributed by atoms with van der Waals surface area (Å²) in [4.78, 5) is 10.5. The summed E-state index contributed by atoms with van der Waals surface area (Å²) in [6, 6.07) is 0. The van der Waals surface area contributed by atoms with Crippen molar-refractivity contribution < 1.29 is 9.53 Å². The van der Waals surface area contributed by atoms with Crippen LogP contribution in [0.25, 0.3) is 0 Å². The molecule has 80 valence electrons. The molecule has 2 nitrogen and oxygen atoms in total. The van der Waals surface area contributed by atoms with Crippen molar-refractivity contribution in [1.29, 1.82) is 0 Å². The van der Waals surface area contributed by atoms with Crippen molar-refractivity contribution in [3.05, 3.63) is 0 Å². The standard InChI is InChI=1S/C6H12O2.C5H12/c1-4-6(8-3)5(2)7;1-3-5-4-2/h6H,4H2,1-3H3;3-5H2,1-2H3/t6-;/m0./s1. The van der Waals surface area contributed by atoms with Crippen LogP contribution in [0.3, 0.4) is 0 Å². The zero-order chi connectivity index (χ0) is 10.7. The molecule has 0 amide bonds. The molecule has 0 radical (unpaired) electrons. The fraction of sp³-hybridized carbons (Fsp3) is 0.909. The molecule has 0 aromatic heterocycles. The topological polar surface area (TPSA) is 26.3 Å². The Bertz CT molecular complexity index is 105. The van der Waals surface area contributed by atoms with Gasteiger partial charge in [-0.2, -0.15) is 0 Å². The van der Waals surface area contributed by atoms with Crippen LogP contribution in [0.2, 0.25) is 0 Å². The maximum absolute atomic E-state index is 10.5. The van der Waals surface area contributed by atoms with Crippen LogP contribution in [-0.4, -0.2) is 19.0 Å². The highest BCUT2D eigenvalue weighted by Crippen LogP contribution is 1.95. The zero-order valence-electron chi connectivity index (χ0n) is 9.72. The van der Waals surface area contributed by atoms with Crippen molar-refractivity contribution in [2.45, 2.75) is 59.5 Å². The second-order valence-corrected chi connectivity index (χ2v) is 3.10. The van der Waals surface area contributed by atoms with E-state index in [0.29, 0.717) is 0 Å². The molecule has 0 heterocycles. The van der Waals surface area contributed by atoms with Gasteiger partial charge in [-0.15, -0.1) is 0 Å². The van der Waals surface area contributed by atoms with E-state index in [1.807, 2.05) is 6.92 Å². The van der Waals surface area contributed by atoms with Gasteiger partial charge < -0.3 is 4.74 Å². The van der Waals surface area contributed by atoms with Gasteiger partial charge in [0, 0.05) is 7.11 Å². The molecular weight excluding hydrogens is 164 g/mol. The lowest BCUT2D eigenvalue weighted by Gasteiger charge is -2.06. The maximum atomic E-state index is 10.5. The maximum Gasteiger partial charge on any atom is 0.158 e. The lowest BCUT2D eigenvalue weighted by atomic mass is 10.2. The second-order valence-electron chi connectivity index (χ2n) is 3.10. The van der Waals surface area contributed by atoms with Gasteiger partial charge in [0.15, 0.2) is 5.78 Å². The molecular formula is C11H24O2. The van der Waals surface area contributed by atoms with Crippen LogP contribution < -0.4 is 0 Å². The average molecular weight is 188 g/mol. The first-order chi connectivity index (χ1) is 6.13. The zero-order valence-corrected chi connectivity index (χ0v) is 9.72. The first kappa shape index (κ1) is 15.1. The summed E-state index contributed by atoms with van der Waals surface area (Å²) in [6.45, 7) is 7.89. The lowest BCUT2D eigenvalue weighted by Crippen LogP contribution is -2.18. The third-order valence-corrected chi connectivity index (χ3v) is 1.82. The van der Waals surface area contributed by atoms with E-state index in [1.54, 1.807) is 7.11 Å². The minimum Gasteiger partial charge on any atom is -0.374 e. The SMILES string of the molecule is CCCCC.CC[C@H](OC)C(C)=O. The normalized spacial score (nSPS) is 11.5. The van der Waals surface area contributed by atoms with E-state index in [4.69, 9.17) is 4.74 Å². The van der Waals surface area contributed by atoms with Gasteiger partial charge in [0.05, 0.1) is 0 Å². The van der Waals surface area contributed by atoms with Gasteiger partial charge in [-0.3, -0.25) is 4.79 Å². The minimum atomic E-state index is -0.185. The van der Waals surface area contributed by atoms with Crippen molar-refractivity contribution in [2.75, 3.05) is 7.11 Å². The van der Waals surface area contributed by atoms with Crippen LogP contribution in [0.5, 0.6) is 0 Å². The predicted molar refractivity (Wildman–Crippen MR) is 57.0 cm³/mol. The molecule has 0 bridgehead atoms. The molecule has 0 N–H and O–H groups in total. The number of rotatable bonds is 5. The second kappa shape index (κ2) is 11.6. The molecule has 0 saturated carbocycles. The molecule has 1 atom stereocenters. The Labute approximate surface area is 82.7 Å². The molecule has 0 spiro atoms. The van der Waals surface area contributed by atoms with Crippen LogP contribution in [0.15, 0.2) is 0 Å². The Hall–Kier alpha value is -0.370. The summed E-state index contributed by atoms with van der Waals surface area (Å²) in [5.74, 6) is 0.106. The molecule has 0 aliphatic heterocycles. The predicted octanol–water partition coefficient (Wildman–Crippen LogP) is 3.20. The molecule has 0 saturated heterocycles. The molecule has 2 heteroatoms. The summed E-state index contributed by atoms with van der Waals surface area (Å²) in [5.41, 5.74) is 0. The lowest BCUT2D eigenvalue weighted by molar-refractivity contribution is -0.126. The fourth-order valence-corrected chi connectivity index (χ4v) is 0.974. The highest BCUT2D eigenvalue weighted by Gasteiger charge is 2.07. The number of Topliss-reactive ketones (excluding diaryl/α,β-unsaturated/α-hetero) is 1. The van der Waals surface area contributed by atoms with Gasteiger partial charge in [-0.25, -0.2) is 0 Å². The molecule has 0 aliphatic carbocycles. The summed E-state index contributed by atoms with van der Waals surface area (Å²) in [6.07, 6.45) is 4.66. The van der Waals surface area contributed by atoms with Gasteiger partial charge in [0.2, 0.25) is 0 Å². The Kier molecular flexibility index (Phi) is 13.5. The van der Waals surface area contributed by atoms with E-state index < -0.39 is 0 Å². The smallest absolute Gasteiger partial charge is 0.158 e. The monoisotopic (exact) mass is 188 g/mol. The first-order valence-electron chi connectivity index (χ1n) is 5.17. The van der Waals surface area contributed by atoms with Crippen LogP contribution in [-0.2, 0) is 9.53 Å². The quantitative estimate of drug-likeness (QED) is 0.662. The summed E-state index contributed by atoms with van der Waals surface area (Å²) in [7, 11) is 1.55. The largest absolute Gasteiger partial charge is 0.374 e. The van der Waals surface area contributed by atoms with Gasteiger partial charge >= 0.3 is 0 Å². The molecule has 0 fully saturated rings. The first-order valence-corrected chi connectivity index (χ1v) is 5.17. The van der Waals surface area contributed by atoms with Crippen molar-refractivity contribution >= 4 is 5.78 Å². The highest BCUT2D eigenvalue weighted by molar-refractivity contribution is 5.80.